The summed E-state index contributed by atoms with van der Waals surface area (Å²) in [5, 5.41) is 5.91. The Morgan fingerprint density at radius 2 is 1.96 bits per heavy atom. The van der Waals surface area contributed by atoms with Crippen LogP contribution in [0, 0.1) is 6.92 Å². The molecule has 28 heavy (non-hydrogen) atoms. The van der Waals surface area contributed by atoms with Crippen LogP contribution in [0.5, 0.6) is 5.75 Å². The summed E-state index contributed by atoms with van der Waals surface area (Å²) < 4.78 is 7.21. The fourth-order valence-corrected chi connectivity index (χ4v) is 3.98. The Bertz CT molecular complexity index is 1120. The number of piperazine rings is 1. The third kappa shape index (κ3) is 2.97. The standard InChI is InChI=1S/C21H24N6O/c1-15-17-13-16(28-2)3-4-18(17)23-19(15)14-25-9-11-26(12-10-25)21-6-5-20-22-7-8-27(20)24-21/h3-8,13,23H,9-12,14H2,1-2H3. The van der Waals surface area contributed by atoms with Gasteiger partial charge in [0, 0.05) is 61.7 Å². The Labute approximate surface area is 163 Å². The number of ether oxygens (including phenoxy) is 1. The van der Waals surface area contributed by atoms with Gasteiger partial charge in [-0.2, -0.15) is 0 Å². The lowest BCUT2D eigenvalue weighted by Gasteiger charge is -2.35. The SMILES string of the molecule is COc1ccc2[nH]c(CN3CCN(c4ccc5nccn5n4)CC3)c(C)c2c1. The van der Waals surface area contributed by atoms with Crippen LogP contribution in [0.3, 0.4) is 0 Å². The Hall–Kier alpha value is -3.06. The van der Waals surface area contributed by atoms with Gasteiger partial charge in [0.1, 0.15) is 11.6 Å². The molecular weight excluding hydrogens is 352 g/mol. The molecule has 1 aliphatic heterocycles. The van der Waals surface area contributed by atoms with E-state index in [1.54, 1.807) is 13.3 Å². The molecule has 4 aromatic rings. The smallest absolute Gasteiger partial charge is 0.153 e. The van der Waals surface area contributed by atoms with Gasteiger partial charge in [-0.25, -0.2) is 9.50 Å². The third-order valence-electron chi connectivity index (χ3n) is 5.69. The van der Waals surface area contributed by atoms with Crippen LogP contribution in [0.25, 0.3) is 16.6 Å². The summed E-state index contributed by atoms with van der Waals surface area (Å²) in [6, 6.07) is 10.3. The number of rotatable bonds is 4. The first-order valence-corrected chi connectivity index (χ1v) is 9.64. The quantitative estimate of drug-likeness (QED) is 0.593. The number of methoxy groups -OCH3 is 1. The number of nitrogens with zero attached hydrogens (tertiary/aromatic N) is 5. The maximum Gasteiger partial charge on any atom is 0.153 e. The van der Waals surface area contributed by atoms with Crippen molar-refractivity contribution in [1.82, 2.24) is 24.5 Å². The summed E-state index contributed by atoms with van der Waals surface area (Å²) in [4.78, 5) is 12.7. The predicted molar refractivity (Wildman–Crippen MR) is 110 cm³/mol. The molecule has 1 fully saturated rings. The van der Waals surface area contributed by atoms with Crippen molar-refractivity contribution in [2.24, 2.45) is 0 Å². The van der Waals surface area contributed by atoms with Crippen molar-refractivity contribution in [3.63, 3.8) is 0 Å². The van der Waals surface area contributed by atoms with Gasteiger partial charge in [-0.3, -0.25) is 4.90 Å². The van der Waals surface area contributed by atoms with Crippen molar-refractivity contribution in [2.45, 2.75) is 13.5 Å². The van der Waals surface area contributed by atoms with Crippen molar-refractivity contribution in [3.8, 4) is 5.75 Å². The first kappa shape index (κ1) is 17.1. The van der Waals surface area contributed by atoms with E-state index in [1.165, 1.54) is 22.2 Å². The molecule has 7 nitrogen and oxygen atoms in total. The molecule has 0 amide bonds. The van der Waals surface area contributed by atoms with Crippen molar-refractivity contribution in [2.75, 3.05) is 38.2 Å². The zero-order valence-electron chi connectivity index (χ0n) is 16.2. The van der Waals surface area contributed by atoms with E-state index in [0.717, 1.165) is 49.9 Å². The van der Waals surface area contributed by atoms with Crippen LogP contribution < -0.4 is 9.64 Å². The molecule has 0 spiro atoms. The second-order valence-corrected chi connectivity index (χ2v) is 7.32. The number of H-pyrrole nitrogens is 1. The first-order chi connectivity index (χ1) is 13.7. The lowest BCUT2D eigenvalue weighted by atomic mass is 10.1. The number of aromatic nitrogens is 4. The van der Waals surface area contributed by atoms with Crippen LogP contribution in [0.4, 0.5) is 5.82 Å². The molecule has 3 aromatic heterocycles. The number of aryl methyl sites for hydroxylation is 1. The van der Waals surface area contributed by atoms with E-state index in [1.807, 2.05) is 22.8 Å². The molecule has 0 bridgehead atoms. The van der Waals surface area contributed by atoms with Gasteiger partial charge in [0.25, 0.3) is 0 Å². The van der Waals surface area contributed by atoms with E-state index in [0.29, 0.717) is 0 Å². The van der Waals surface area contributed by atoms with Crippen molar-refractivity contribution >= 4 is 22.4 Å². The summed E-state index contributed by atoms with van der Waals surface area (Å²) in [6.45, 7) is 7.10. The molecule has 144 valence electrons. The van der Waals surface area contributed by atoms with Crippen molar-refractivity contribution in [3.05, 3.63) is 54.0 Å². The van der Waals surface area contributed by atoms with Gasteiger partial charge in [-0.15, -0.1) is 5.10 Å². The predicted octanol–water partition coefficient (Wildman–Crippen LogP) is 2.85. The molecule has 1 saturated heterocycles. The number of benzene rings is 1. The molecule has 5 rings (SSSR count). The highest BCUT2D eigenvalue weighted by Gasteiger charge is 2.20. The average Bonchev–Trinajstić information content (AvgIpc) is 3.32. The van der Waals surface area contributed by atoms with Gasteiger partial charge < -0.3 is 14.6 Å². The number of anilines is 1. The second kappa shape index (κ2) is 6.83. The third-order valence-corrected chi connectivity index (χ3v) is 5.69. The molecular formula is C21H24N6O. The van der Waals surface area contributed by atoms with Crippen LogP contribution in [0.2, 0.25) is 0 Å². The molecule has 1 aliphatic rings. The number of imidazole rings is 1. The van der Waals surface area contributed by atoms with Crippen LogP contribution in [0.15, 0.2) is 42.7 Å². The van der Waals surface area contributed by atoms with Crippen molar-refractivity contribution < 1.29 is 4.74 Å². The van der Waals surface area contributed by atoms with E-state index in [9.17, 15) is 0 Å². The van der Waals surface area contributed by atoms with Gasteiger partial charge in [-0.05, 0) is 42.8 Å². The van der Waals surface area contributed by atoms with E-state index in [-0.39, 0.29) is 0 Å². The van der Waals surface area contributed by atoms with E-state index >= 15 is 0 Å². The monoisotopic (exact) mass is 376 g/mol. The fraction of sp³-hybridized carbons (Fsp3) is 0.333. The fourth-order valence-electron chi connectivity index (χ4n) is 3.98. The van der Waals surface area contributed by atoms with Gasteiger partial charge >= 0.3 is 0 Å². The van der Waals surface area contributed by atoms with E-state index in [4.69, 9.17) is 4.74 Å². The summed E-state index contributed by atoms with van der Waals surface area (Å²) >= 11 is 0. The van der Waals surface area contributed by atoms with Crippen LogP contribution in [-0.4, -0.2) is 57.8 Å². The molecule has 1 aromatic carbocycles. The average molecular weight is 376 g/mol. The lowest BCUT2D eigenvalue weighted by Crippen LogP contribution is -2.46. The van der Waals surface area contributed by atoms with Gasteiger partial charge in [0.05, 0.1) is 7.11 Å². The zero-order chi connectivity index (χ0) is 19.1. The Morgan fingerprint density at radius 3 is 2.79 bits per heavy atom. The number of aromatic amines is 1. The minimum Gasteiger partial charge on any atom is -0.497 e. The van der Waals surface area contributed by atoms with Crippen LogP contribution in [-0.2, 0) is 6.54 Å². The molecule has 7 heteroatoms. The van der Waals surface area contributed by atoms with Crippen molar-refractivity contribution in [1.29, 1.82) is 0 Å². The maximum atomic E-state index is 5.37. The highest BCUT2D eigenvalue weighted by atomic mass is 16.5. The minimum absolute atomic E-state index is 0.883. The second-order valence-electron chi connectivity index (χ2n) is 7.32. The lowest BCUT2D eigenvalue weighted by molar-refractivity contribution is 0.246. The van der Waals surface area contributed by atoms with Crippen LogP contribution in [0.1, 0.15) is 11.3 Å². The minimum atomic E-state index is 0.883. The molecule has 0 atom stereocenters. The first-order valence-electron chi connectivity index (χ1n) is 9.64. The number of hydrogen-bond donors (Lipinski definition) is 1. The van der Waals surface area contributed by atoms with Gasteiger partial charge in [0.15, 0.2) is 5.65 Å². The summed E-state index contributed by atoms with van der Waals surface area (Å²) in [5.41, 5.74) is 4.65. The van der Waals surface area contributed by atoms with E-state index < -0.39 is 0 Å². The molecule has 0 unspecified atom stereocenters. The molecule has 0 radical (unpaired) electrons. The largest absolute Gasteiger partial charge is 0.497 e. The highest BCUT2D eigenvalue weighted by molar-refractivity contribution is 5.85. The van der Waals surface area contributed by atoms with E-state index in [2.05, 4.69) is 50.0 Å². The summed E-state index contributed by atoms with van der Waals surface area (Å²) in [5.74, 6) is 1.91. The van der Waals surface area contributed by atoms with Crippen LogP contribution >= 0.6 is 0 Å². The zero-order valence-corrected chi connectivity index (χ0v) is 16.2. The highest BCUT2D eigenvalue weighted by Crippen LogP contribution is 2.27. The normalized spacial score (nSPS) is 15.6. The van der Waals surface area contributed by atoms with Gasteiger partial charge in [-0.1, -0.05) is 0 Å². The maximum absolute atomic E-state index is 5.37. The molecule has 0 saturated carbocycles. The number of fused-ring (bicyclic) bond motifs is 2. The number of nitrogens with one attached hydrogen (secondary N) is 1. The Kier molecular flexibility index (Phi) is 4.16. The Balaban J connectivity index is 1.28. The molecule has 0 aliphatic carbocycles. The summed E-state index contributed by atoms with van der Waals surface area (Å²) in [7, 11) is 1.71. The topological polar surface area (TPSA) is 61.7 Å². The molecule has 4 heterocycles. The Morgan fingerprint density at radius 1 is 1.11 bits per heavy atom. The number of hydrogen-bond acceptors (Lipinski definition) is 5. The van der Waals surface area contributed by atoms with Gasteiger partial charge in [0.2, 0.25) is 0 Å². The summed E-state index contributed by atoms with van der Waals surface area (Å²) in [6.07, 6.45) is 3.67. The molecule has 1 N–H and O–H groups in total.